The van der Waals surface area contributed by atoms with Gasteiger partial charge in [-0.15, -0.1) is 0 Å². The number of methoxy groups -OCH3 is 1. The predicted molar refractivity (Wildman–Crippen MR) is 87.6 cm³/mol. The first-order valence-corrected chi connectivity index (χ1v) is 8.80. The van der Waals surface area contributed by atoms with Crippen molar-refractivity contribution in [3.63, 3.8) is 0 Å². The number of anilines is 1. The number of hydrogen-bond donors (Lipinski definition) is 1. The Morgan fingerprint density at radius 1 is 1.14 bits per heavy atom. The van der Waals surface area contributed by atoms with Crippen molar-refractivity contribution in [2.45, 2.75) is 62.9 Å². The lowest BCUT2D eigenvalue weighted by Crippen LogP contribution is -2.28. The summed E-state index contributed by atoms with van der Waals surface area (Å²) < 4.78 is 6.91. The maximum absolute atomic E-state index is 5.87. The second kappa shape index (κ2) is 6.21. The molecule has 21 heavy (non-hydrogen) atoms. The molecule has 0 saturated heterocycles. The van der Waals surface area contributed by atoms with Crippen LogP contribution in [0, 0.1) is 0 Å². The van der Waals surface area contributed by atoms with Crippen molar-refractivity contribution >= 4 is 21.7 Å². The van der Waals surface area contributed by atoms with Gasteiger partial charge in [-0.3, -0.25) is 0 Å². The van der Waals surface area contributed by atoms with Crippen molar-refractivity contribution in [1.82, 2.24) is 9.97 Å². The number of ether oxygens (including phenoxy) is 1. The highest BCUT2D eigenvalue weighted by Crippen LogP contribution is 2.44. The van der Waals surface area contributed by atoms with Gasteiger partial charge in [0.15, 0.2) is 5.82 Å². The molecule has 2 fully saturated rings. The van der Waals surface area contributed by atoms with E-state index < -0.39 is 0 Å². The molecule has 5 heteroatoms. The van der Waals surface area contributed by atoms with E-state index in [1.807, 2.05) is 7.05 Å². The molecule has 0 atom stereocenters. The first-order chi connectivity index (χ1) is 10.2. The number of hydrogen-bond acceptors (Lipinski definition) is 4. The molecule has 1 heterocycles. The van der Waals surface area contributed by atoms with E-state index in [-0.39, 0.29) is 5.60 Å². The molecule has 2 aliphatic carbocycles. The smallest absolute Gasteiger partial charge is 0.162 e. The highest BCUT2D eigenvalue weighted by atomic mass is 79.9. The Balaban J connectivity index is 2.06. The summed E-state index contributed by atoms with van der Waals surface area (Å²) in [6.07, 6.45) is 9.52. The highest BCUT2D eigenvalue weighted by molar-refractivity contribution is 9.10. The normalized spacial score (nSPS) is 21.9. The average Bonchev–Trinajstić information content (AvgIpc) is 3.19. The summed E-state index contributed by atoms with van der Waals surface area (Å²) in [4.78, 5) is 9.72. The fourth-order valence-electron chi connectivity index (χ4n) is 3.77. The van der Waals surface area contributed by atoms with Gasteiger partial charge in [0.25, 0.3) is 0 Å². The van der Waals surface area contributed by atoms with Crippen molar-refractivity contribution < 1.29 is 4.74 Å². The van der Waals surface area contributed by atoms with Gasteiger partial charge >= 0.3 is 0 Å². The molecule has 1 aromatic heterocycles. The SMILES string of the molecule is CNc1nc(C2(OC)CCCC2)nc(C2CCCC2)c1Br. The van der Waals surface area contributed by atoms with Crippen LogP contribution in [-0.2, 0) is 10.3 Å². The molecule has 1 aromatic rings. The molecule has 1 N–H and O–H groups in total. The minimum Gasteiger partial charge on any atom is -0.372 e. The summed E-state index contributed by atoms with van der Waals surface area (Å²) in [5, 5.41) is 3.21. The predicted octanol–water partition coefficient (Wildman–Crippen LogP) is 4.35. The van der Waals surface area contributed by atoms with Crippen molar-refractivity contribution in [2.75, 3.05) is 19.5 Å². The quantitative estimate of drug-likeness (QED) is 0.873. The number of aromatic nitrogens is 2. The largest absolute Gasteiger partial charge is 0.372 e. The standard InChI is InChI=1S/C16H24BrN3O/c1-18-14-12(17)13(11-7-3-4-8-11)19-15(20-14)16(21-2)9-5-6-10-16/h11H,3-10H2,1-2H3,(H,18,19,20). The van der Waals surface area contributed by atoms with E-state index in [0.717, 1.165) is 29.0 Å². The Morgan fingerprint density at radius 3 is 2.38 bits per heavy atom. The molecule has 0 aliphatic heterocycles. The topological polar surface area (TPSA) is 47.0 Å². The Bertz CT molecular complexity index is 508. The van der Waals surface area contributed by atoms with Gasteiger partial charge in [0.2, 0.25) is 0 Å². The van der Waals surface area contributed by atoms with E-state index in [2.05, 4.69) is 21.2 Å². The van der Waals surface area contributed by atoms with Gasteiger partial charge in [-0.1, -0.05) is 12.8 Å². The monoisotopic (exact) mass is 353 g/mol. The van der Waals surface area contributed by atoms with Crippen LogP contribution < -0.4 is 5.32 Å². The number of rotatable bonds is 4. The van der Waals surface area contributed by atoms with Crippen LogP contribution in [0.25, 0.3) is 0 Å². The fraction of sp³-hybridized carbons (Fsp3) is 0.750. The van der Waals surface area contributed by atoms with E-state index in [0.29, 0.717) is 5.92 Å². The molecule has 2 aliphatic rings. The zero-order chi connectivity index (χ0) is 14.9. The summed E-state index contributed by atoms with van der Waals surface area (Å²) in [5.74, 6) is 2.32. The third kappa shape index (κ3) is 2.70. The van der Waals surface area contributed by atoms with Crippen molar-refractivity contribution in [2.24, 2.45) is 0 Å². The highest BCUT2D eigenvalue weighted by Gasteiger charge is 2.40. The van der Waals surface area contributed by atoms with Crippen molar-refractivity contribution in [3.05, 3.63) is 16.0 Å². The van der Waals surface area contributed by atoms with Crippen LogP contribution in [0.4, 0.5) is 5.82 Å². The van der Waals surface area contributed by atoms with Gasteiger partial charge in [0, 0.05) is 20.1 Å². The third-order valence-corrected chi connectivity index (χ3v) is 5.85. The lowest BCUT2D eigenvalue weighted by atomic mass is 9.99. The first kappa shape index (κ1) is 15.2. The van der Waals surface area contributed by atoms with E-state index in [9.17, 15) is 0 Å². The second-order valence-corrected chi connectivity index (χ2v) is 7.02. The fourth-order valence-corrected chi connectivity index (χ4v) is 4.47. The summed E-state index contributed by atoms with van der Waals surface area (Å²) in [6.45, 7) is 0. The Kier molecular flexibility index (Phi) is 4.50. The molecule has 0 unspecified atom stereocenters. The van der Waals surface area contributed by atoms with E-state index >= 15 is 0 Å². The van der Waals surface area contributed by atoms with Crippen LogP contribution in [0.5, 0.6) is 0 Å². The summed E-state index contributed by atoms with van der Waals surface area (Å²) >= 11 is 3.71. The number of halogens is 1. The van der Waals surface area contributed by atoms with Gasteiger partial charge in [-0.25, -0.2) is 9.97 Å². The molecule has 0 amide bonds. The first-order valence-electron chi connectivity index (χ1n) is 8.01. The molecular formula is C16H24BrN3O. The molecule has 0 radical (unpaired) electrons. The summed E-state index contributed by atoms with van der Waals surface area (Å²) in [6, 6.07) is 0. The van der Waals surface area contributed by atoms with Gasteiger partial charge in [-0.05, 0) is 54.5 Å². The van der Waals surface area contributed by atoms with E-state index in [4.69, 9.17) is 14.7 Å². The van der Waals surface area contributed by atoms with E-state index in [1.165, 1.54) is 44.2 Å². The van der Waals surface area contributed by atoms with Gasteiger partial charge in [0.05, 0.1) is 10.2 Å². The maximum atomic E-state index is 5.87. The zero-order valence-electron chi connectivity index (χ0n) is 12.9. The van der Waals surface area contributed by atoms with Gasteiger partial charge in [0.1, 0.15) is 11.4 Å². The van der Waals surface area contributed by atoms with E-state index in [1.54, 1.807) is 7.11 Å². The molecule has 2 saturated carbocycles. The Morgan fingerprint density at radius 2 is 1.81 bits per heavy atom. The lowest BCUT2D eigenvalue weighted by Gasteiger charge is -2.27. The third-order valence-electron chi connectivity index (χ3n) is 5.07. The van der Waals surface area contributed by atoms with Crippen molar-refractivity contribution in [1.29, 1.82) is 0 Å². The molecule has 0 bridgehead atoms. The second-order valence-electron chi connectivity index (χ2n) is 6.23. The van der Waals surface area contributed by atoms with Crippen LogP contribution in [0.1, 0.15) is 68.8 Å². The minimum atomic E-state index is -0.278. The average molecular weight is 354 g/mol. The van der Waals surface area contributed by atoms with Gasteiger partial charge < -0.3 is 10.1 Å². The van der Waals surface area contributed by atoms with Gasteiger partial charge in [-0.2, -0.15) is 0 Å². The molecule has 0 aromatic carbocycles. The zero-order valence-corrected chi connectivity index (χ0v) is 14.5. The summed E-state index contributed by atoms with van der Waals surface area (Å²) in [5.41, 5.74) is 0.893. The number of nitrogens with zero attached hydrogens (tertiary/aromatic N) is 2. The molecular weight excluding hydrogens is 330 g/mol. The Labute approximate surface area is 135 Å². The minimum absolute atomic E-state index is 0.278. The molecule has 3 rings (SSSR count). The lowest BCUT2D eigenvalue weighted by molar-refractivity contribution is -0.0164. The summed E-state index contributed by atoms with van der Waals surface area (Å²) in [7, 11) is 3.72. The number of nitrogens with one attached hydrogen (secondary N) is 1. The van der Waals surface area contributed by atoms with Crippen molar-refractivity contribution in [3.8, 4) is 0 Å². The molecule has 116 valence electrons. The maximum Gasteiger partial charge on any atom is 0.162 e. The molecule has 0 spiro atoms. The van der Waals surface area contributed by atoms with Crippen LogP contribution >= 0.6 is 15.9 Å². The molecule has 4 nitrogen and oxygen atoms in total. The van der Waals surface area contributed by atoms with Crippen LogP contribution in [0.3, 0.4) is 0 Å². The van der Waals surface area contributed by atoms with Crippen LogP contribution in [0.15, 0.2) is 4.47 Å². The Hall–Kier alpha value is -0.680. The van der Waals surface area contributed by atoms with Crippen LogP contribution in [-0.4, -0.2) is 24.1 Å². The van der Waals surface area contributed by atoms with Crippen LogP contribution in [0.2, 0.25) is 0 Å².